The average Bonchev–Trinajstić information content (AvgIpc) is 2.51. The summed E-state index contributed by atoms with van der Waals surface area (Å²) in [5, 5.41) is 0. The molecule has 1 aromatic carbocycles. The van der Waals surface area contributed by atoms with Crippen molar-refractivity contribution >= 4 is 5.97 Å². The third-order valence-corrected chi connectivity index (χ3v) is 2.86. The van der Waals surface area contributed by atoms with Crippen LogP contribution in [-0.4, -0.2) is 25.3 Å². The van der Waals surface area contributed by atoms with Crippen molar-refractivity contribution in [1.82, 2.24) is 0 Å². The lowest BCUT2D eigenvalue weighted by Crippen LogP contribution is -2.14. The SMILES string of the molecule is CCOC#CC(CCCCOCc1ccccc1)OC(C)=O. The molecule has 4 nitrogen and oxygen atoms in total. The van der Waals surface area contributed by atoms with E-state index in [-0.39, 0.29) is 5.97 Å². The largest absolute Gasteiger partial charge is 0.449 e. The predicted octanol–water partition coefficient (Wildman–Crippen LogP) is 3.30. The van der Waals surface area contributed by atoms with E-state index in [2.05, 4.69) is 12.0 Å². The van der Waals surface area contributed by atoms with Crippen molar-refractivity contribution in [2.45, 2.75) is 45.8 Å². The molecule has 0 aliphatic rings. The van der Waals surface area contributed by atoms with Gasteiger partial charge in [0.25, 0.3) is 0 Å². The van der Waals surface area contributed by atoms with Gasteiger partial charge < -0.3 is 14.2 Å². The van der Waals surface area contributed by atoms with Crippen LogP contribution >= 0.6 is 0 Å². The Kier molecular flexibility index (Phi) is 9.56. The molecular weight excluding hydrogens is 280 g/mol. The van der Waals surface area contributed by atoms with E-state index in [4.69, 9.17) is 14.2 Å². The molecule has 0 heterocycles. The summed E-state index contributed by atoms with van der Waals surface area (Å²) in [4.78, 5) is 11.0. The number of benzene rings is 1. The third-order valence-electron chi connectivity index (χ3n) is 2.86. The molecule has 0 aliphatic heterocycles. The van der Waals surface area contributed by atoms with Gasteiger partial charge in [-0.1, -0.05) is 30.3 Å². The monoisotopic (exact) mass is 304 g/mol. The summed E-state index contributed by atoms with van der Waals surface area (Å²) in [6.07, 6.45) is 4.63. The number of esters is 1. The maximum Gasteiger partial charge on any atom is 0.303 e. The van der Waals surface area contributed by atoms with Crippen molar-refractivity contribution in [3.05, 3.63) is 35.9 Å². The summed E-state index contributed by atoms with van der Waals surface area (Å²) in [5.74, 6) is 2.49. The molecule has 0 amide bonds. The first kappa shape index (κ1) is 18.1. The van der Waals surface area contributed by atoms with Crippen molar-refractivity contribution in [3.63, 3.8) is 0 Å². The Morgan fingerprint density at radius 2 is 2.00 bits per heavy atom. The van der Waals surface area contributed by atoms with Gasteiger partial charge in [-0.15, -0.1) is 0 Å². The fourth-order valence-corrected chi connectivity index (χ4v) is 1.84. The Balaban J connectivity index is 2.17. The molecule has 1 rings (SSSR count). The van der Waals surface area contributed by atoms with Crippen molar-refractivity contribution in [2.24, 2.45) is 0 Å². The highest BCUT2D eigenvalue weighted by Crippen LogP contribution is 2.07. The van der Waals surface area contributed by atoms with E-state index < -0.39 is 6.10 Å². The smallest absolute Gasteiger partial charge is 0.303 e. The Hall–Kier alpha value is -1.99. The van der Waals surface area contributed by atoms with Crippen LogP contribution in [-0.2, 0) is 25.6 Å². The quantitative estimate of drug-likeness (QED) is 0.399. The average molecular weight is 304 g/mol. The fraction of sp³-hybridized carbons (Fsp3) is 0.500. The van der Waals surface area contributed by atoms with Crippen LogP contribution in [0.5, 0.6) is 0 Å². The van der Waals surface area contributed by atoms with Crippen molar-refractivity contribution in [3.8, 4) is 12.0 Å². The van der Waals surface area contributed by atoms with E-state index >= 15 is 0 Å². The third kappa shape index (κ3) is 9.04. The number of ether oxygens (including phenoxy) is 3. The van der Waals surface area contributed by atoms with E-state index in [1.165, 1.54) is 12.5 Å². The molecule has 1 unspecified atom stereocenters. The van der Waals surface area contributed by atoms with Gasteiger partial charge in [0.2, 0.25) is 0 Å². The van der Waals surface area contributed by atoms with Gasteiger partial charge in [0, 0.05) is 13.5 Å². The van der Waals surface area contributed by atoms with Crippen LogP contribution in [0.15, 0.2) is 30.3 Å². The number of unbranched alkanes of at least 4 members (excludes halogenated alkanes) is 1. The normalized spacial score (nSPS) is 11.2. The number of hydrogen-bond acceptors (Lipinski definition) is 4. The van der Waals surface area contributed by atoms with E-state index in [1.54, 1.807) is 0 Å². The first-order chi connectivity index (χ1) is 10.7. The van der Waals surface area contributed by atoms with Gasteiger partial charge in [-0.3, -0.25) is 4.79 Å². The number of carbonyl (C=O) groups is 1. The zero-order valence-electron chi connectivity index (χ0n) is 13.3. The van der Waals surface area contributed by atoms with Gasteiger partial charge in [-0.05, 0) is 37.7 Å². The summed E-state index contributed by atoms with van der Waals surface area (Å²) >= 11 is 0. The minimum atomic E-state index is -0.404. The standard InChI is InChI=1S/C18H24O4/c1-3-20-14-12-18(22-16(2)19)11-7-8-13-21-15-17-9-5-4-6-10-17/h4-6,9-10,18H,3,7-8,11,13,15H2,1-2H3. The molecular formula is C18H24O4. The molecule has 1 aromatic rings. The molecule has 0 aromatic heterocycles. The molecule has 0 radical (unpaired) electrons. The lowest BCUT2D eigenvalue weighted by Gasteiger charge is -2.10. The lowest BCUT2D eigenvalue weighted by atomic mass is 10.1. The Bertz CT molecular complexity index is 473. The second kappa shape index (κ2) is 11.6. The first-order valence-electron chi connectivity index (χ1n) is 7.63. The molecule has 0 aliphatic carbocycles. The van der Waals surface area contributed by atoms with Gasteiger partial charge >= 0.3 is 5.97 Å². The number of carbonyl (C=O) groups excluding carboxylic acids is 1. The zero-order valence-corrected chi connectivity index (χ0v) is 13.3. The van der Waals surface area contributed by atoms with Crippen molar-refractivity contribution in [1.29, 1.82) is 0 Å². The molecule has 0 saturated carbocycles. The molecule has 0 fully saturated rings. The van der Waals surface area contributed by atoms with E-state index in [1.807, 2.05) is 37.3 Å². The minimum Gasteiger partial charge on any atom is -0.449 e. The number of rotatable bonds is 9. The van der Waals surface area contributed by atoms with Crippen molar-refractivity contribution < 1.29 is 19.0 Å². The molecule has 4 heteroatoms. The second-order valence-corrected chi connectivity index (χ2v) is 4.81. The highest BCUT2D eigenvalue weighted by atomic mass is 16.5. The summed E-state index contributed by atoms with van der Waals surface area (Å²) < 4.78 is 15.7. The maximum absolute atomic E-state index is 11.0. The first-order valence-corrected chi connectivity index (χ1v) is 7.63. The molecule has 22 heavy (non-hydrogen) atoms. The zero-order chi connectivity index (χ0) is 16.0. The van der Waals surface area contributed by atoms with Crippen LogP contribution in [0.1, 0.15) is 38.7 Å². The van der Waals surface area contributed by atoms with Crippen LogP contribution in [0.2, 0.25) is 0 Å². The van der Waals surface area contributed by atoms with Gasteiger partial charge in [0.05, 0.1) is 13.2 Å². The molecule has 120 valence electrons. The molecule has 0 spiro atoms. The van der Waals surface area contributed by atoms with Crippen LogP contribution in [0.3, 0.4) is 0 Å². The molecule has 0 saturated heterocycles. The summed E-state index contributed by atoms with van der Waals surface area (Å²) in [6.45, 7) is 5.07. The van der Waals surface area contributed by atoms with E-state index in [9.17, 15) is 4.79 Å². The van der Waals surface area contributed by atoms with E-state index in [0.29, 0.717) is 26.2 Å². The van der Waals surface area contributed by atoms with Gasteiger partial charge in [0.15, 0.2) is 6.10 Å². The summed E-state index contributed by atoms with van der Waals surface area (Å²) in [6, 6.07) is 10.1. The highest BCUT2D eigenvalue weighted by molar-refractivity contribution is 5.66. The molecule has 1 atom stereocenters. The Morgan fingerprint density at radius 3 is 2.68 bits per heavy atom. The van der Waals surface area contributed by atoms with Crippen LogP contribution in [0.25, 0.3) is 0 Å². The number of hydrogen-bond donors (Lipinski definition) is 0. The molecule has 0 N–H and O–H groups in total. The second-order valence-electron chi connectivity index (χ2n) is 4.81. The predicted molar refractivity (Wildman–Crippen MR) is 84.9 cm³/mol. The van der Waals surface area contributed by atoms with Crippen LogP contribution in [0, 0.1) is 12.0 Å². The van der Waals surface area contributed by atoms with Crippen LogP contribution < -0.4 is 0 Å². The van der Waals surface area contributed by atoms with Crippen LogP contribution in [0.4, 0.5) is 0 Å². The molecule has 0 bridgehead atoms. The summed E-state index contributed by atoms with van der Waals surface area (Å²) in [5.41, 5.74) is 1.17. The topological polar surface area (TPSA) is 44.8 Å². The maximum atomic E-state index is 11.0. The summed E-state index contributed by atoms with van der Waals surface area (Å²) in [7, 11) is 0. The Morgan fingerprint density at radius 1 is 1.23 bits per heavy atom. The minimum absolute atomic E-state index is 0.323. The van der Waals surface area contributed by atoms with Gasteiger partial charge in [0.1, 0.15) is 6.11 Å². The van der Waals surface area contributed by atoms with Crippen molar-refractivity contribution in [2.75, 3.05) is 13.2 Å². The van der Waals surface area contributed by atoms with Gasteiger partial charge in [-0.25, -0.2) is 0 Å². The Labute approximate surface area is 132 Å². The fourth-order valence-electron chi connectivity index (χ4n) is 1.84. The van der Waals surface area contributed by atoms with E-state index in [0.717, 1.165) is 12.8 Å². The van der Waals surface area contributed by atoms with Gasteiger partial charge in [-0.2, -0.15) is 0 Å². The highest BCUT2D eigenvalue weighted by Gasteiger charge is 2.08. The lowest BCUT2D eigenvalue weighted by molar-refractivity contribution is -0.144.